The Bertz CT molecular complexity index is 1050. The summed E-state index contributed by atoms with van der Waals surface area (Å²) >= 11 is 0. The first kappa shape index (κ1) is 18.4. The highest BCUT2D eigenvalue weighted by Crippen LogP contribution is 2.31. The van der Waals surface area contributed by atoms with E-state index in [4.69, 9.17) is 4.74 Å². The number of carbonyl (C=O) groups excluding carboxylic acids is 1. The van der Waals surface area contributed by atoms with E-state index in [1.54, 1.807) is 36.2 Å². The van der Waals surface area contributed by atoms with Crippen molar-refractivity contribution in [3.05, 3.63) is 65.1 Å². The number of amides is 1. The number of pyridine rings is 1. The van der Waals surface area contributed by atoms with Gasteiger partial charge in [0.2, 0.25) is 0 Å². The Labute approximate surface area is 163 Å². The van der Waals surface area contributed by atoms with Crippen molar-refractivity contribution < 1.29 is 13.9 Å². The van der Waals surface area contributed by atoms with Crippen molar-refractivity contribution in [1.82, 2.24) is 9.88 Å². The number of halogens is 1. The number of fused-ring (bicyclic) bond motifs is 1. The first-order valence-electron chi connectivity index (χ1n) is 9.34. The Morgan fingerprint density at radius 1 is 1.11 bits per heavy atom. The van der Waals surface area contributed by atoms with E-state index in [1.807, 2.05) is 25.1 Å². The number of anilines is 2. The maximum atomic E-state index is 14.5. The third-order valence-corrected chi connectivity index (χ3v) is 5.09. The number of benzene rings is 2. The largest absolute Gasteiger partial charge is 0.378 e. The van der Waals surface area contributed by atoms with Gasteiger partial charge < -0.3 is 15.0 Å². The Hall–Kier alpha value is -2.99. The Morgan fingerprint density at radius 3 is 2.61 bits per heavy atom. The number of hydrogen-bond donors (Lipinski definition) is 1. The summed E-state index contributed by atoms with van der Waals surface area (Å²) in [4.78, 5) is 19.3. The first-order valence-corrected chi connectivity index (χ1v) is 9.34. The average Bonchev–Trinajstić information content (AvgIpc) is 2.72. The van der Waals surface area contributed by atoms with Gasteiger partial charge in [-0.1, -0.05) is 30.3 Å². The molecule has 0 aliphatic carbocycles. The first-order chi connectivity index (χ1) is 13.6. The minimum absolute atomic E-state index is 0.0524. The smallest absolute Gasteiger partial charge is 0.256 e. The van der Waals surface area contributed by atoms with Crippen LogP contribution in [0.1, 0.15) is 21.5 Å². The Morgan fingerprint density at radius 2 is 1.82 bits per heavy atom. The normalized spacial score (nSPS) is 14.3. The lowest BCUT2D eigenvalue weighted by Gasteiger charge is -2.27. The van der Waals surface area contributed by atoms with Gasteiger partial charge in [-0.05, 0) is 31.0 Å². The zero-order chi connectivity index (χ0) is 19.7. The molecule has 144 valence electrons. The lowest BCUT2D eigenvalue weighted by atomic mass is 10.0. The third-order valence-electron chi connectivity index (χ3n) is 5.09. The van der Waals surface area contributed by atoms with Crippen molar-refractivity contribution in [3.63, 3.8) is 0 Å². The monoisotopic (exact) mass is 379 g/mol. The van der Waals surface area contributed by atoms with Crippen LogP contribution in [0.15, 0.2) is 42.6 Å². The predicted molar refractivity (Wildman–Crippen MR) is 108 cm³/mol. The lowest BCUT2D eigenvalue weighted by molar-refractivity contribution is 0.0304. The van der Waals surface area contributed by atoms with Crippen LogP contribution >= 0.6 is 0 Å². The highest BCUT2D eigenvalue weighted by molar-refractivity contribution is 6.10. The summed E-state index contributed by atoms with van der Waals surface area (Å²) in [5, 5.41) is 4.73. The molecule has 1 aliphatic heterocycles. The minimum atomic E-state index is -0.307. The molecule has 2 aromatic carbocycles. The van der Waals surface area contributed by atoms with E-state index in [0.717, 1.165) is 16.3 Å². The second kappa shape index (κ2) is 7.56. The number of ether oxygens (including phenoxy) is 1. The molecule has 1 aromatic heterocycles. The number of rotatable bonds is 3. The number of aromatic nitrogens is 1. The lowest BCUT2D eigenvalue weighted by Crippen LogP contribution is -2.40. The van der Waals surface area contributed by atoms with E-state index in [0.29, 0.717) is 48.9 Å². The second-order valence-corrected chi connectivity index (χ2v) is 6.98. The van der Waals surface area contributed by atoms with Crippen molar-refractivity contribution >= 4 is 28.2 Å². The molecule has 0 radical (unpaired) electrons. The fraction of sp³-hybridized carbons (Fsp3) is 0.273. The number of morpholine rings is 1. The van der Waals surface area contributed by atoms with Crippen LogP contribution in [0.4, 0.5) is 15.9 Å². The minimum Gasteiger partial charge on any atom is -0.378 e. The molecule has 2 heterocycles. The highest BCUT2D eigenvalue weighted by Gasteiger charge is 2.22. The van der Waals surface area contributed by atoms with Crippen LogP contribution in [0.3, 0.4) is 0 Å². The number of nitrogens with zero attached hydrogens (tertiary/aromatic N) is 2. The SMILES string of the molecule is Cc1cccc(Nc2ncc(C(=O)N3CCOCC3)c3c(C)cccc23)c1F. The second-order valence-electron chi connectivity index (χ2n) is 6.98. The standard InChI is InChI=1S/C22H22FN3O2/c1-14-5-3-7-16-19(14)17(22(27)26-9-11-28-12-10-26)13-24-21(16)25-18-8-4-6-15(2)20(18)23/h3-8,13H,9-12H2,1-2H3,(H,24,25). The quantitative estimate of drug-likeness (QED) is 0.741. The highest BCUT2D eigenvalue weighted by atomic mass is 19.1. The van der Waals surface area contributed by atoms with E-state index in [1.165, 1.54) is 0 Å². The third kappa shape index (κ3) is 3.31. The summed E-state index contributed by atoms with van der Waals surface area (Å²) in [5.74, 6) is 0.170. The summed E-state index contributed by atoms with van der Waals surface area (Å²) in [6.45, 7) is 5.92. The summed E-state index contributed by atoms with van der Waals surface area (Å²) < 4.78 is 19.8. The summed E-state index contributed by atoms with van der Waals surface area (Å²) in [6, 6.07) is 11.0. The van der Waals surface area contributed by atoms with Crippen LogP contribution in [-0.4, -0.2) is 42.1 Å². The van der Waals surface area contributed by atoms with Crippen molar-refractivity contribution in [2.45, 2.75) is 13.8 Å². The topological polar surface area (TPSA) is 54.5 Å². The van der Waals surface area contributed by atoms with E-state index >= 15 is 0 Å². The van der Waals surface area contributed by atoms with Gasteiger partial charge in [-0.15, -0.1) is 0 Å². The molecule has 5 nitrogen and oxygen atoms in total. The van der Waals surface area contributed by atoms with Gasteiger partial charge in [0.1, 0.15) is 11.6 Å². The number of hydrogen-bond acceptors (Lipinski definition) is 4. The van der Waals surface area contributed by atoms with Gasteiger partial charge >= 0.3 is 0 Å². The fourth-order valence-corrected chi connectivity index (χ4v) is 3.56. The van der Waals surface area contributed by atoms with E-state index in [-0.39, 0.29) is 11.7 Å². The van der Waals surface area contributed by atoms with Crippen molar-refractivity contribution in [1.29, 1.82) is 0 Å². The Balaban J connectivity index is 1.79. The zero-order valence-electron chi connectivity index (χ0n) is 16.0. The Kier molecular flexibility index (Phi) is 4.96. The molecule has 6 heteroatoms. The van der Waals surface area contributed by atoms with Gasteiger partial charge in [-0.2, -0.15) is 0 Å². The maximum Gasteiger partial charge on any atom is 0.256 e. The van der Waals surface area contributed by atoms with E-state index in [9.17, 15) is 9.18 Å². The van der Waals surface area contributed by atoms with Crippen LogP contribution in [0.5, 0.6) is 0 Å². The van der Waals surface area contributed by atoms with Gasteiger partial charge in [-0.25, -0.2) is 9.37 Å². The summed E-state index contributed by atoms with van der Waals surface area (Å²) in [6.07, 6.45) is 1.59. The summed E-state index contributed by atoms with van der Waals surface area (Å²) in [5.41, 5.74) is 2.46. The molecule has 1 aliphatic rings. The number of nitrogens with one attached hydrogen (secondary N) is 1. The number of aryl methyl sites for hydroxylation is 2. The van der Waals surface area contributed by atoms with Gasteiger partial charge in [0.05, 0.1) is 24.5 Å². The van der Waals surface area contributed by atoms with Crippen LogP contribution in [0.25, 0.3) is 10.8 Å². The fourth-order valence-electron chi connectivity index (χ4n) is 3.56. The van der Waals surface area contributed by atoms with Crippen LogP contribution in [-0.2, 0) is 4.74 Å². The van der Waals surface area contributed by atoms with Crippen molar-refractivity contribution in [2.24, 2.45) is 0 Å². The van der Waals surface area contributed by atoms with Gasteiger partial charge in [0.15, 0.2) is 0 Å². The predicted octanol–water partition coefficient (Wildman–Crippen LogP) is 4.21. The van der Waals surface area contributed by atoms with E-state index in [2.05, 4.69) is 10.3 Å². The molecule has 1 saturated heterocycles. The average molecular weight is 379 g/mol. The molecule has 0 unspecified atom stereocenters. The molecule has 1 amide bonds. The molecule has 0 saturated carbocycles. The molecular formula is C22H22FN3O2. The van der Waals surface area contributed by atoms with E-state index < -0.39 is 0 Å². The molecule has 28 heavy (non-hydrogen) atoms. The molecule has 3 aromatic rings. The number of carbonyl (C=O) groups is 1. The van der Waals surface area contributed by atoms with Crippen LogP contribution in [0.2, 0.25) is 0 Å². The molecule has 1 N–H and O–H groups in total. The van der Waals surface area contributed by atoms with Crippen LogP contribution in [0, 0.1) is 19.7 Å². The summed E-state index contributed by atoms with van der Waals surface area (Å²) in [7, 11) is 0. The van der Waals surface area contributed by atoms with Crippen molar-refractivity contribution in [3.8, 4) is 0 Å². The van der Waals surface area contributed by atoms with Crippen LogP contribution < -0.4 is 5.32 Å². The maximum absolute atomic E-state index is 14.5. The molecule has 0 atom stereocenters. The van der Waals surface area contributed by atoms with Gasteiger partial charge in [0.25, 0.3) is 5.91 Å². The zero-order valence-corrected chi connectivity index (χ0v) is 16.0. The van der Waals surface area contributed by atoms with Gasteiger partial charge in [-0.3, -0.25) is 4.79 Å². The molecule has 4 rings (SSSR count). The molecule has 1 fully saturated rings. The molecule has 0 spiro atoms. The van der Waals surface area contributed by atoms with Crippen molar-refractivity contribution in [2.75, 3.05) is 31.6 Å². The molecular weight excluding hydrogens is 357 g/mol. The molecule has 0 bridgehead atoms. The van der Waals surface area contributed by atoms with Gasteiger partial charge in [0, 0.05) is 30.1 Å².